The molecule has 18 heteroatoms. The molecule has 3 saturated carbocycles. The van der Waals surface area contributed by atoms with E-state index in [9.17, 15) is 28.8 Å². The van der Waals surface area contributed by atoms with E-state index in [4.69, 9.17) is 9.47 Å². The molecule has 3 aliphatic carbocycles. The number of esters is 1. The second-order valence-electron chi connectivity index (χ2n) is 28.9. The van der Waals surface area contributed by atoms with Gasteiger partial charge < -0.3 is 35.0 Å². The van der Waals surface area contributed by atoms with Gasteiger partial charge in [-0.15, -0.1) is 0 Å². The van der Waals surface area contributed by atoms with Crippen molar-refractivity contribution in [3.63, 3.8) is 0 Å². The van der Waals surface area contributed by atoms with Gasteiger partial charge in [-0.1, -0.05) is 111 Å². The van der Waals surface area contributed by atoms with E-state index >= 15 is 0 Å². The number of carbonyl (C=O) groups is 6. The summed E-state index contributed by atoms with van der Waals surface area (Å²) in [5.74, 6) is -0.893. The number of H-pyrrole nitrogens is 1. The van der Waals surface area contributed by atoms with E-state index in [2.05, 4.69) is 132 Å². The summed E-state index contributed by atoms with van der Waals surface area (Å²) in [5, 5.41) is 11.8. The molecular weight excluding hydrogens is 1370 g/mol. The van der Waals surface area contributed by atoms with Crippen molar-refractivity contribution < 1.29 is 38.2 Å². The molecule has 11 rings (SSSR count). The molecule has 0 saturated heterocycles. The minimum absolute atomic E-state index is 0.0285. The van der Waals surface area contributed by atoms with Crippen LogP contribution >= 0.6 is 54.5 Å². The Morgan fingerprint density at radius 3 is 1.65 bits per heavy atom. The quantitative estimate of drug-likeness (QED) is 0.0760. The summed E-state index contributed by atoms with van der Waals surface area (Å²) in [5.41, 5.74) is 6.03. The molecule has 4 heterocycles. The Morgan fingerprint density at radius 1 is 0.629 bits per heavy atom. The summed E-state index contributed by atoms with van der Waals surface area (Å²) < 4.78 is 16.1. The lowest BCUT2D eigenvalue weighted by molar-refractivity contribution is -0.156. The standard InChI is InChI=1S/C32H37BrN2O4.C16H17BrN2O2.C15H20INO2.C8H18N2/c1-30(2,3)29(38)34-16-13-23-24-17-21(33)9-12-25(24)35(27(23)28(34)37)22-10-7-20(8-11-22)18-32(14-15-32)19-26(36)39-31(4,5)6;1-16(2,3)15(21)19-7-6-10-11-8-9(17)4-5-12(11)18-13(10)14(19)20;1-14(2,3)19-13(18)17-15(8-9-15)10-11-4-6-12(16)7-5-11;1-9-7-5-3-4-6-8(7)10-2/h7-12,17H,13-16,18-19H2,1-6H3;4-5,8,18H,6-7H2,1-3H3;4-7H,8-10H2,1-3H3,(H,17,18);7-10H,3-6H2,1-2H3. The fourth-order valence-corrected chi connectivity index (χ4v) is 13.2. The number of aromatic amines is 1. The van der Waals surface area contributed by atoms with Crippen LogP contribution < -0.4 is 16.0 Å². The molecule has 2 atom stereocenters. The van der Waals surface area contributed by atoms with E-state index in [1.807, 2.05) is 130 Å². The normalized spacial score (nSPS) is 18.4. The van der Waals surface area contributed by atoms with Gasteiger partial charge in [0.1, 0.15) is 22.6 Å². The number of likely N-dealkylation sites (N-methyl/N-ethyl adjacent to an activating group) is 2. The van der Waals surface area contributed by atoms with Crippen molar-refractivity contribution in [2.75, 3.05) is 27.2 Å². The Kier molecular flexibility index (Phi) is 21.7. The second-order valence-corrected chi connectivity index (χ2v) is 32.0. The molecule has 4 N–H and O–H groups in total. The van der Waals surface area contributed by atoms with E-state index in [1.54, 1.807) is 0 Å². The number of halogens is 3. The zero-order valence-electron chi connectivity index (χ0n) is 54.6. The Labute approximate surface area is 557 Å². The topological polar surface area (TPSA) is 184 Å². The zero-order chi connectivity index (χ0) is 65.2. The lowest BCUT2D eigenvalue weighted by Gasteiger charge is -2.31. The SMILES string of the molecule is CC(C)(C)C(=O)N1CCc2c([nH]c3ccc(Br)cc23)C1=O.CC(C)(C)OC(=O)CC1(Cc2ccc(-n3c4c(c5cc(Br)ccc53)CCN(C(=O)C(C)(C)C)C4=O)cc2)CC1.CC(C)(C)OC(=O)NC1(Cc2ccc(I)cc2)CC1.CNC1CCCCC1NC. The molecule has 2 unspecified atom stereocenters. The molecule has 5 amide bonds. The number of carbonyl (C=O) groups excluding carboxylic acids is 6. The van der Waals surface area contributed by atoms with Crippen molar-refractivity contribution in [1.82, 2.24) is 35.3 Å². The maximum absolute atomic E-state index is 13.8. The van der Waals surface area contributed by atoms with Gasteiger partial charge in [0.2, 0.25) is 11.8 Å². The second kappa shape index (κ2) is 27.8. The molecule has 5 aliphatic rings. The minimum Gasteiger partial charge on any atom is -0.460 e. The summed E-state index contributed by atoms with van der Waals surface area (Å²) in [6.45, 7) is 23.2. The zero-order valence-corrected chi connectivity index (χ0v) is 59.9. The maximum Gasteiger partial charge on any atom is 0.408 e. The average molecular weight is 1460 g/mol. The molecule has 0 bridgehead atoms. The fraction of sp³-hybridized carbons (Fsp3) is 0.521. The summed E-state index contributed by atoms with van der Waals surface area (Å²) in [6, 6.07) is 30.1. The number of fused-ring (bicyclic) bond motifs is 6. The van der Waals surface area contributed by atoms with Crippen LogP contribution in [0, 0.1) is 19.8 Å². The molecule has 480 valence electrons. The number of hydrogen-bond acceptors (Lipinski definition) is 10. The first-order chi connectivity index (χ1) is 41.6. The number of imide groups is 2. The predicted octanol–water partition coefficient (Wildman–Crippen LogP) is 15.1. The van der Waals surface area contributed by atoms with Crippen LogP contribution in [0.3, 0.4) is 0 Å². The van der Waals surface area contributed by atoms with E-state index in [1.165, 1.54) is 44.6 Å². The lowest BCUT2D eigenvalue weighted by Crippen LogP contribution is -2.47. The van der Waals surface area contributed by atoms with Crippen LogP contribution in [0.25, 0.3) is 27.5 Å². The van der Waals surface area contributed by atoms with E-state index in [0.29, 0.717) is 55.8 Å². The molecule has 2 aliphatic heterocycles. The molecule has 89 heavy (non-hydrogen) atoms. The summed E-state index contributed by atoms with van der Waals surface area (Å²) in [6.07, 6.45) is 12.7. The monoisotopic (exact) mass is 1460 g/mol. The number of rotatable bonds is 10. The Morgan fingerprint density at radius 2 is 1.13 bits per heavy atom. The number of aromatic nitrogens is 2. The lowest BCUT2D eigenvalue weighted by atomic mass is 9.91. The third kappa shape index (κ3) is 17.8. The van der Waals surface area contributed by atoms with Crippen molar-refractivity contribution in [2.45, 2.75) is 195 Å². The van der Waals surface area contributed by atoms with Gasteiger partial charge in [-0.2, -0.15) is 0 Å². The third-order valence-electron chi connectivity index (χ3n) is 17.0. The molecule has 3 fully saturated rings. The molecule has 15 nitrogen and oxygen atoms in total. The van der Waals surface area contributed by atoms with Gasteiger partial charge in [-0.3, -0.25) is 33.8 Å². The van der Waals surface area contributed by atoms with Crippen LogP contribution in [0.5, 0.6) is 0 Å². The van der Waals surface area contributed by atoms with Crippen LogP contribution in [-0.2, 0) is 49.5 Å². The number of nitrogens with one attached hydrogen (secondary N) is 4. The number of amides is 5. The first-order valence-electron chi connectivity index (χ1n) is 31.4. The van der Waals surface area contributed by atoms with Gasteiger partial charge >= 0.3 is 12.1 Å². The Hall–Kier alpha value is -5.41. The highest BCUT2D eigenvalue weighted by Gasteiger charge is 2.47. The van der Waals surface area contributed by atoms with Crippen molar-refractivity contribution in [1.29, 1.82) is 0 Å². The van der Waals surface area contributed by atoms with Crippen LogP contribution in [-0.4, -0.2) is 111 Å². The largest absolute Gasteiger partial charge is 0.460 e. The van der Waals surface area contributed by atoms with Gasteiger partial charge in [0, 0.05) is 76.0 Å². The van der Waals surface area contributed by atoms with Crippen LogP contribution in [0.15, 0.2) is 93.9 Å². The number of nitrogens with zero attached hydrogens (tertiary/aromatic N) is 3. The van der Waals surface area contributed by atoms with E-state index < -0.39 is 22.0 Å². The summed E-state index contributed by atoms with van der Waals surface area (Å²) in [4.78, 5) is 82.3. The van der Waals surface area contributed by atoms with E-state index in [-0.39, 0.29) is 46.6 Å². The first kappa shape index (κ1) is 69.5. The van der Waals surface area contributed by atoms with Gasteiger partial charge in [-0.05, 0) is 231 Å². The van der Waals surface area contributed by atoms with Crippen LogP contribution in [0.2, 0.25) is 0 Å². The number of alkyl carbamates (subject to hydrolysis) is 1. The van der Waals surface area contributed by atoms with Crippen molar-refractivity contribution in [2.24, 2.45) is 16.2 Å². The highest BCUT2D eigenvalue weighted by molar-refractivity contribution is 14.1. The van der Waals surface area contributed by atoms with Crippen molar-refractivity contribution >= 4 is 112 Å². The number of hydrogen-bond donors (Lipinski definition) is 4. The fourth-order valence-electron chi connectivity index (χ4n) is 12.2. The predicted molar refractivity (Wildman–Crippen MR) is 370 cm³/mol. The van der Waals surface area contributed by atoms with Gasteiger partial charge in [0.25, 0.3) is 11.8 Å². The molecule has 6 aromatic rings. The van der Waals surface area contributed by atoms with Gasteiger partial charge in [0.05, 0.1) is 11.9 Å². The molecular formula is C71H92Br2IN7O8. The molecule has 0 radical (unpaired) electrons. The minimum atomic E-state index is -0.646. The first-order valence-corrected chi connectivity index (χ1v) is 34.1. The molecule has 4 aromatic carbocycles. The number of benzene rings is 4. The Balaban J connectivity index is 0.000000172. The smallest absolute Gasteiger partial charge is 0.408 e. The maximum atomic E-state index is 13.8. The number of ether oxygens (including phenoxy) is 2. The average Bonchev–Trinajstić information content (AvgIpc) is 1.62. The van der Waals surface area contributed by atoms with Crippen molar-refractivity contribution in [3.8, 4) is 5.69 Å². The highest BCUT2D eigenvalue weighted by Crippen LogP contribution is 2.52. The van der Waals surface area contributed by atoms with Crippen LogP contribution in [0.1, 0.15) is 184 Å². The summed E-state index contributed by atoms with van der Waals surface area (Å²) >= 11 is 9.34. The molecule has 2 aromatic heterocycles. The van der Waals surface area contributed by atoms with Gasteiger partial charge in [0.15, 0.2) is 0 Å². The van der Waals surface area contributed by atoms with Crippen molar-refractivity contribution in [3.05, 3.63) is 131 Å². The van der Waals surface area contributed by atoms with Gasteiger partial charge in [-0.25, -0.2) is 4.79 Å². The van der Waals surface area contributed by atoms with Crippen LogP contribution in [0.4, 0.5) is 4.79 Å². The van der Waals surface area contributed by atoms with E-state index in [0.717, 1.165) is 91.7 Å². The molecule has 0 spiro atoms. The third-order valence-corrected chi connectivity index (χ3v) is 18.7. The Bertz CT molecular complexity index is 3560. The summed E-state index contributed by atoms with van der Waals surface area (Å²) in [7, 11) is 4.11. The highest BCUT2D eigenvalue weighted by atomic mass is 127.